The number of rotatable bonds is 4. The van der Waals surface area contributed by atoms with Crippen LogP contribution in [0.25, 0.3) is 6.08 Å². The molecule has 2 rings (SSSR count). The molecule has 108 valence electrons. The zero-order chi connectivity index (χ0) is 15.2. The van der Waals surface area contributed by atoms with Crippen LogP contribution in [0.4, 0.5) is 5.69 Å². The van der Waals surface area contributed by atoms with E-state index < -0.39 is 0 Å². The molecule has 0 spiro atoms. The molecular weight excluding hydrogens is 398 g/mol. The molecule has 0 aromatic heterocycles. The fraction of sp³-hybridized carbons (Fsp3) is 0.0625. The molecule has 0 heterocycles. The van der Waals surface area contributed by atoms with E-state index in [-0.39, 0.29) is 5.91 Å². The summed E-state index contributed by atoms with van der Waals surface area (Å²) in [5.41, 5.74) is 1.66. The highest BCUT2D eigenvalue weighted by atomic mass is 79.9. The van der Waals surface area contributed by atoms with Crippen LogP contribution >= 0.6 is 31.9 Å². The van der Waals surface area contributed by atoms with Crippen molar-refractivity contribution in [3.8, 4) is 5.75 Å². The number of hydrogen-bond acceptors (Lipinski definition) is 2. The van der Waals surface area contributed by atoms with E-state index in [0.29, 0.717) is 0 Å². The number of nitrogens with one attached hydrogen (secondary N) is 1. The van der Waals surface area contributed by atoms with E-state index in [1.54, 1.807) is 13.2 Å². The van der Waals surface area contributed by atoms with Crippen molar-refractivity contribution in [2.45, 2.75) is 0 Å². The Bertz CT molecular complexity index is 666. The molecule has 0 aliphatic heterocycles. The lowest BCUT2D eigenvalue weighted by atomic mass is 10.2. The van der Waals surface area contributed by atoms with Gasteiger partial charge >= 0.3 is 0 Å². The first-order chi connectivity index (χ1) is 10.1. The molecule has 0 saturated carbocycles. The second-order valence-electron chi connectivity index (χ2n) is 4.22. The standard InChI is InChI=1S/C16H13Br2NO2/c1-21-15-8-2-11(10-14(15)18)3-9-16(20)19-13-6-4-12(17)5-7-13/h2-10H,1H3,(H,19,20)/b9-3+. The molecule has 0 radical (unpaired) electrons. The van der Waals surface area contributed by atoms with Gasteiger partial charge in [0.15, 0.2) is 0 Å². The van der Waals surface area contributed by atoms with E-state index in [9.17, 15) is 4.79 Å². The summed E-state index contributed by atoms with van der Waals surface area (Å²) in [6.07, 6.45) is 3.24. The van der Waals surface area contributed by atoms with Gasteiger partial charge in [0.25, 0.3) is 0 Å². The van der Waals surface area contributed by atoms with Crippen molar-refractivity contribution in [1.29, 1.82) is 0 Å². The maximum absolute atomic E-state index is 11.8. The lowest BCUT2D eigenvalue weighted by Gasteiger charge is -2.04. The number of amides is 1. The number of methoxy groups -OCH3 is 1. The van der Waals surface area contributed by atoms with E-state index in [0.717, 1.165) is 25.9 Å². The second-order valence-corrected chi connectivity index (χ2v) is 5.99. The first kappa shape index (κ1) is 15.8. The monoisotopic (exact) mass is 409 g/mol. The highest BCUT2D eigenvalue weighted by molar-refractivity contribution is 9.10. The minimum atomic E-state index is -0.177. The Hall–Kier alpha value is -1.59. The molecule has 0 aliphatic carbocycles. The van der Waals surface area contributed by atoms with Crippen molar-refractivity contribution in [3.05, 3.63) is 63.0 Å². The van der Waals surface area contributed by atoms with Gasteiger partial charge in [-0.25, -0.2) is 0 Å². The zero-order valence-corrected chi connectivity index (χ0v) is 14.4. The quantitative estimate of drug-likeness (QED) is 0.730. The molecule has 0 aliphatic rings. The molecule has 1 amide bonds. The third kappa shape index (κ3) is 4.72. The van der Waals surface area contributed by atoms with Crippen molar-refractivity contribution in [1.82, 2.24) is 0 Å². The number of carbonyl (C=O) groups is 1. The number of benzene rings is 2. The predicted octanol–water partition coefficient (Wildman–Crippen LogP) is 4.87. The Morgan fingerprint density at radius 2 is 1.86 bits per heavy atom. The molecule has 0 bridgehead atoms. The molecule has 2 aromatic carbocycles. The van der Waals surface area contributed by atoms with Crippen LogP contribution in [0.5, 0.6) is 5.75 Å². The van der Waals surface area contributed by atoms with Crippen molar-refractivity contribution in [2.24, 2.45) is 0 Å². The minimum absolute atomic E-state index is 0.177. The predicted molar refractivity (Wildman–Crippen MR) is 92.5 cm³/mol. The maximum Gasteiger partial charge on any atom is 0.248 e. The summed E-state index contributed by atoms with van der Waals surface area (Å²) < 4.78 is 6.98. The summed E-state index contributed by atoms with van der Waals surface area (Å²) >= 11 is 6.76. The van der Waals surface area contributed by atoms with Crippen LogP contribution in [-0.4, -0.2) is 13.0 Å². The summed E-state index contributed by atoms with van der Waals surface area (Å²) in [5, 5.41) is 2.79. The zero-order valence-electron chi connectivity index (χ0n) is 11.3. The smallest absolute Gasteiger partial charge is 0.248 e. The molecule has 1 N–H and O–H groups in total. The molecule has 0 atom stereocenters. The van der Waals surface area contributed by atoms with Crippen molar-refractivity contribution in [2.75, 3.05) is 12.4 Å². The van der Waals surface area contributed by atoms with Gasteiger partial charge in [-0.1, -0.05) is 22.0 Å². The summed E-state index contributed by atoms with van der Waals surface area (Å²) in [7, 11) is 1.61. The van der Waals surface area contributed by atoms with Crippen LogP contribution in [0, 0.1) is 0 Å². The molecule has 2 aromatic rings. The molecule has 0 saturated heterocycles. The van der Waals surface area contributed by atoms with Gasteiger partial charge in [0.05, 0.1) is 11.6 Å². The Kier molecular flexibility index (Phi) is 5.59. The number of ether oxygens (including phenoxy) is 1. The molecule has 0 fully saturated rings. The number of halogens is 2. The summed E-state index contributed by atoms with van der Waals surface area (Å²) in [5.74, 6) is 0.579. The number of carbonyl (C=O) groups excluding carboxylic acids is 1. The van der Waals surface area contributed by atoms with Gasteiger partial charge in [-0.15, -0.1) is 0 Å². The van der Waals surface area contributed by atoms with Crippen LogP contribution < -0.4 is 10.1 Å². The second kappa shape index (κ2) is 7.43. The maximum atomic E-state index is 11.8. The summed E-state index contributed by atoms with van der Waals surface area (Å²) in [6.45, 7) is 0. The summed E-state index contributed by atoms with van der Waals surface area (Å²) in [6, 6.07) is 13.0. The molecule has 0 unspecified atom stereocenters. The van der Waals surface area contributed by atoms with Gasteiger partial charge in [-0.2, -0.15) is 0 Å². The highest BCUT2D eigenvalue weighted by Gasteiger charge is 2.01. The lowest BCUT2D eigenvalue weighted by Crippen LogP contribution is -2.07. The van der Waals surface area contributed by atoms with Gasteiger partial charge in [0, 0.05) is 16.2 Å². The first-order valence-corrected chi connectivity index (χ1v) is 7.75. The summed E-state index contributed by atoms with van der Waals surface area (Å²) in [4.78, 5) is 11.8. The van der Waals surface area contributed by atoms with E-state index >= 15 is 0 Å². The Morgan fingerprint density at radius 1 is 1.14 bits per heavy atom. The average Bonchev–Trinajstić information content (AvgIpc) is 2.48. The minimum Gasteiger partial charge on any atom is -0.496 e. The van der Waals surface area contributed by atoms with Crippen molar-refractivity contribution in [3.63, 3.8) is 0 Å². The molecule has 3 nitrogen and oxygen atoms in total. The van der Waals surface area contributed by atoms with E-state index in [2.05, 4.69) is 37.2 Å². The van der Waals surface area contributed by atoms with Crippen LogP contribution in [-0.2, 0) is 4.79 Å². The van der Waals surface area contributed by atoms with Gasteiger partial charge in [-0.3, -0.25) is 4.79 Å². The SMILES string of the molecule is COc1ccc(/C=C/C(=O)Nc2ccc(Br)cc2)cc1Br. The van der Waals surface area contributed by atoms with Gasteiger partial charge < -0.3 is 10.1 Å². The first-order valence-electron chi connectivity index (χ1n) is 6.16. The van der Waals surface area contributed by atoms with Crippen molar-refractivity contribution >= 4 is 49.5 Å². The van der Waals surface area contributed by atoms with E-state index in [1.807, 2.05) is 42.5 Å². The fourth-order valence-corrected chi connectivity index (χ4v) is 2.50. The van der Waals surface area contributed by atoms with Gasteiger partial charge in [0.2, 0.25) is 5.91 Å². The van der Waals surface area contributed by atoms with Crippen LogP contribution in [0.3, 0.4) is 0 Å². The van der Waals surface area contributed by atoms with Gasteiger partial charge in [-0.05, 0) is 64.0 Å². The number of hydrogen-bond donors (Lipinski definition) is 1. The Morgan fingerprint density at radius 3 is 2.48 bits per heavy atom. The molecule has 21 heavy (non-hydrogen) atoms. The van der Waals surface area contributed by atoms with Crippen LogP contribution in [0.1, 0.15) is 5.56 Å². The largest absolute Gasteiger partial charge is 0.496 e. The Balaban J connectivity index is 2.01. The molecule has 5 heteroatoms. The van der Waals surface area contributed by atoms with Gasteiger partial charge in [0.1, 0.15) is 5.75 Å². The van der Waals surface area contributed by atoms with Crippen molar-refractivity contribution < 1.29 is 9.53 Å². The Labute approximate surface area is 140 Å². The topological polar surface area (TPSA) is 38.3 Å². The number of anilines is 1. The van der Waals surface area contributed by atoms with E-state index in [1.165, 1.54) is 6.08 Å². The molecular formula is C16H13Br2NO2. The normalized spacial score (nSPS) is 10.6. The third-order valence-electron chi connectivity index (χ3n) is 2.71. The highest BCUT2D eigenvalue weighted by Crippen LogP contribution is 2.26. The third-order valence-corrected chi connectivity index (χ3v) is 3.86. The average molecular weight is 411 g/mol. The van der Waals surface area contributed by atoms with Crippen LogP contribution in [0.2, 0.25) is 0 Å². The fourth-order valence-electron chi connectivity index (χ4n) is 1.68. The van der Waals surface area contributed by atoms with Crippen LogP contribution in [0.15, 0.2) is 57.5 Å². The van der Waals surface area contributed by atoms with E-state index in [4.69, 9.17) is 4.74 Å². The lowest BCUT2D eigenvalue weighted by molar-refractivity contribution is -0.111.